The van der Waals surface area contributed by atoms with E-state index in [1.54, 1.807) is 18.3 Å². The second-order valence-corrected chi connectivity index (χ2v) is 2.36. The molecular formula is C12H17NO. The SMILES string of the molecule is C=C/C=c1/c(=O)cc[nH]/c1=C/C.CC. The second-order valence-electron chi connectivity index (χ2n) is 2.36. The van der Waals surface area contributed by atoms with Crippen LogP contribution in [-0.2, 0) is 0 Å². The highest BCUT2D eigenvalue weighted by Gasteiger charge is 1.86. The molecule has 2 heteroatoms. The molecule has 0 spiro atoms. The van der Waals surface area contributed by atoms with Gasteiger partial charge in [-0.25, -0.2) is 0 Å². The Morgan fingerprint density at radius 3 is 2.57 bits per heavy atom. The summed E-state index contributed by atoms with van der Waals surface area (Å²) >= 11 is 0. The van der Waals surface area contributed by atoms with Crippen molar-refractivity contribution in [1.82, 2.24) is 4.98 Å². The van der Waals surface area contributed by atoms with Crippen LogP contribution < -0.4 is 16.0 Å². The first kappa shape index (κ1) is 12.4. The van der Waals surface area contributed by atoms with Gasteiger partial charge in [0.2, 0.25) is 0 Å². The van der Waals surface area contributed by atoms with E-state index in [2.05, 4.69) is 11.6 Å². The van der Waals surface area contributed by atoms with Crippen molar-refractivity contribution in [3.05, 3.63) is 45.7 Å². The summed E-state index contributed by atoms with van der Waals surface area (Å²) in [7, 11) is 0. The van der Waals surface area contributed by atoms with Crippen molar-refractivity contribution >= 4 is 12.2 Å². The predicted octanol–water partition coefficient (Wildman–Crippen LogP) is 1.17. The Morgan fingerprint density at radius 2 is 2.07 bits per heavy atom. The minimum atomic E-state index is 0.0155. The highest BCUT2D eigenvalue weighted by atomic mass is 16.1. The summed E-state index contributed by atoms with van der Waals surface area (Å²) in [5.41, 5.74) is 0.0155. The lowest BCUT2D eigenvalue weighted by Gasteiger charge is -1.87. The van der Waals surface area contributed by atoms with E-state index in [0.29, 0.717) is 5.22 Å². The average Bonchev–Trinajstić information content (AvgIpc) is 2.24. The second kappa shape index (κ2) is 6.89. The van der Waals surface area contributed by atoms with Crippen LogP contribution in [0.25, 0.3) is 12.2 Å². The molecule has 1 aromatic heterocycles. The monoisotopic (exact) mass is 191 g/mol. The zero-order valence-corrected chi connectivity index (χ0v) is 9.00. The van der Waals surface area contributed by atoms with Gasteiger partial charge >= 0.3 is 0 Å². The fourth-order valence-corrected chi connectivity index (χ4v) is 1.04. The van der Waals surface area contributed by atoms with E-state index < -0.39 is 0 Å². The van der Waals surface area contributed by atoms with Crippen molar-refractivity contribution < 1.29 is 0 Å². The van der Waals surface area contributed by atoms with Crippen molar-refractivity contribution in [3.63, 3.8) is 0 Å². The highest BCUT2D eigenvalue weighted by Crippen LogP contribution is 1.62. The number of aromatic nitrogens is 1. The number of nitrogens with one attached hydrogen (secondary N) is 1. The Hall–Kier alpha value is -1.57. The Bertz CT molecular complexity index is 440. The van der Waals surface area contributed by atoms with Gasteiger partial charge in [-0.2, -0.15) is 0 Å². The molecule has 1 rings (SSSR count). The van der Waals surface area contributed by atoms with Crippen LogP contribution in [0.4, 0.5) is 0 Å². The zero-order chi connectivity index (χ0) is 11.0. The third-order valence-corrected chi connectivity index (χ3v) is 1.60. The molecule has 0 unspecified atom stereocenters. The van der Waals surface area contributed by atoms with Gasteiger partial charge in [-0.1, -0.05) is 32.6 Å². The summed E-state index contributed by atoms with van der Waals surface area (Å²) in [5, 5.41) is 1.50. The number of hydrogen-bond donors (Lipinski definition) is 1. The molecule has 0 bridgehead atoms. The average molecular weight is 191 g/mol. The lowest BCUT2D eigenvalue weighted by Crippen LogP contribution is -2.39. The molecule has 0 aliphatic heterocycles. The van der Waals surface area contributed by atoms with Crippen LogP contribution in [0.15, 0.2) is 29.7 Å². The molecule has 2 nitrogen and oxygen atoms in total. The lowest BCUT2D eigenvalue weighted by atomic mass is 10.3. The molecular weight excluding hydrogens is 174 g/mol. The Balaban J connectivity index is 0.000000791. The Labute approximate surface area is 84.3 Å². The predicted molar refractivity (Wildman–Crippen MR) is 62.5 cm³/mol. The Morgan fingerprint density at radius 1 is 1.43 bits per heavy atom. The number of rotatable bonds is 1. The molecule has 0 aromatic carbocycles. The summed E-state index contributed by atoms with van der Waals surface area (Å²) in [6, 6.07) is 1.50. The summed E-state index contributed by atoms with van der Waals surface area (Å²) in [6.45, 7) is 9.43. The van der Waals surface area contributed by atoms with Crippen LogP contribution in [0.2, 0.25) is 0 Å². The summed E-state index contributed by atoms with van der Waals surface area (Å²) < 4.78 is 0. The van der Waals surface area contributed by atoms with Gasteiger partial charge in [0.25, 0.3) is 0 Å². The van der Waals surface area contributed by atoms with Crippen molar-refractivity contribution in [2.45, 2.75) is 20.8 Å². The standard InChI is InChI=1S/C10H11NO.C2H6/c1-3-5-8-9(4-2)11-7-6-10(8)12;1-2/h3-7,11H,1H2,2H3;1-2H3/b8-5+,9-4+;. The van der Waals surface area contributed by atoms with Crippen molar-refractivity contribution in [2.75, 3.05) is 0 Å². The minimum Gasteiger partial charge on any atom is -0.361 e. The Kier molecular flexibility index (Phi) is 6.12. The summed E-state index contributed by atoms with van der Waals surface area (Å²) in [5.74, 6) is 0. The molecule has 1 aromatic rings. The topological polar surface area (TPSA) is 32.9 Å². The number of allylic oxidation sites excluding steroid dienone is 1. The van der Waals surface area contributed by atoms with E-state index in [1.165, 1.54) is 6.07 Å². The summed E-state index contributed by atoms with van der Waals surface area (Å²) in [6.07, 6.45) is 6.81. The molecule has 0 saturated carbocycles. The van der Waals surface area contributed by atoms with Gasteiger partial charge in [-0.3, -0.25) is 4.79 Å². The molecule has 0 atom stereocenters. The maximum atomic E-state index is 11.3. The van der Waals surface area contributed by atoms with Crippen molar-refractivity contribution in [1.29, 1.82) is 0 Å². The molecule has 0 fully saturated rings. The normalized spacial score (nSPS) is 11.9. The van der Waals surface area contributed by atoms with E-state index in [9.17, 15) is 4.79 Å². The van der Waals surface area contributed by atoms with E-state index in [4.69, 9.17) is 0 Å². The van der Waals surface area contributed by atoms with Gasteiger partial charge in [-0.05, 0) is 13.0 Å². The van der Waals surface area contributed by atoms with Crippen molar-refractivity contribution in [3.8, 4) is 0 Å². The molecule has 76 valence electrons. The van der Waals surface area contributed by atoms with Gasteiger partial charge in [0.05, 0.1) is 0 Å². The van der Waals surface area contributed by atoms with Gasteiger partial charge < -0.3 is 4.98 Å². The van der Waals surface area contributed by atoms with Crippen molar-refractivity contribution in [2.24, 2.45) is 0 Å². The quantitative estimate of drug-likeness (QED) is 0.710. The molecule has 0 aliphatic rings. The number of pyridine rings is 1. The molecule has 0 amide bonds. The maximum absolute atomic E-state index is 11.3. The molecule has 1 heterocycles. The minimum absolute atomic E-state index is 0.0155. The van der Waals surface area contributed by atoms with E-state index in [1.807, 2.05) is 26.8 Å². The molecule has 1 N–H and O–H groups in total. The lowest BCUT2D eigenvalue weighted by molar-refractivity contribution is 1.19. The van der Waals surface area contributed by atoms with E-state index >= 15 is 0 Å². The molecule has 0 saturated heterocycles. The maximum Gasteiger partial charge on any atom is 0.189 e. The smallest absolute Gasteiger partial charge is 0.189 e. The van der Waals surface area contributed by atoms with Crippen LogP contribution in [-0.4, -0.2) is 4.98 Å². The first-order valence-electron chi connectivity index (χ1n) is 4.76. The van der Waals surface area contributed by atoms with Crippen LogP contribution in [0.1, 0.15) is 20.8 Å². The highest BCUT2D eigenvalue weighted by molar-refractivity contribution is 5.36. The van der Waals surface area contributed by atoms with E-state index in [0.717, 1.165) is 5.35 Å². The molecule has 0 aliphatic carbocycles. The first-order chi connectivity index (χ1) is 6.79. The van der Waals surface area contributed by atoms with E-state index in [-0.39, 0.29) is 5.43 Å². The fourth-order valence-electron chi connectivity index (χ4n) is 1.04. The van der Waals surface area contributed by atoms with Gasteiger partial charge in [0.1, 0.15) is 0 Å². The number of aromatic amines is 1. The van der Waals surface area contributed by atoms with Gasteiger partial charge in [-0.15, -0.1) is 0 Å². The molecule has 14 heavy (non-hydrogen) atoms. The van der Waals surface area contributed by atoms with Gasteiger partial charge in [0, 0.05) is 22.8 Å². The fraction of sp³-hybridized carbons (Fsp3) is 0.250. The number of H-pyrrole nitrogens is 1. The summed E-state index contributed by atoms with van der Waals surface area (Å²) in [4.78, 5) is 14.2. The number of hydrogen-bond acceptors (Lipinski definition) is 1. The first-order valence-corrected chi connectivity index (χ1v) is 4.76. The van der Waals surface area contributed by atoms with Gasteiger partial charge in [0.15, 0.2) is 5.43 Å². The third-order valence-electron chi connectivity index (χ3n) is 1.60. The molecule has 0 radical (unpaired) electrons. The van der Waals surface area contributed by atoms with Crippen LogP contribution in [0.5, 0.6) is 0 Å². The third kappa shape index (κ3) is 3.05. The zero-order valence-electron chi connectivity index (χ0n) is 9.00. The van der Waals surface area contributed by atoms with Crippen LogP contribution in [0.3, 0.4) is 0 Å². The largest absolute Gasteiger partial charge is 0.361 e. The van der Waals surface area contributed by atoms with Crippen LogP contribution in [0, 0.1) is 0 Å². The van der Waals surface area contributed by atoms with Crippen LogP contribution >= 0.6 is 0 Å².